The lowest BCUT2D eigenvalue weighted by atomic mass is 10.1. The van der Waals surface area contributed by atoms with E-state index in [9.17, 15) is 18.8 Å². The number of thiol groups is 1. The molecule has 26 heteroatoms. The number of nitrogen functional groups attached to an aromatic ring is 2. The minimum Gasteiger partial charge on any atom is -0.408 e. The Morgan fingerprint density at radius 1 is 1.06 bits per heavy atom. The lowest BCUT2D eigenvalue weighted by Gasteiger charge is -2.40. The number of ether oxygens (including phenoxy) is 2. The minimum atomic E-state index is -5.01. The number of nitrogens with one attached hydrogen (secondary N) is 1. The highest BCUT2D eigenvalue weighted by Crippen LogP contribution is 2.67. The van der Waals surface area contributed by atoms with Gasteiger partial charge in [0.2, 0.25) is 11.2 Å². The Labute approximate surface area is 311 Å². The second-order valence-corrected chi connectivity index (χ2v) is 24.2. The summed E-state index contributed by atoms with van der Waals surface area (Å²) in [5.74, 6) is -0.634. The topological polar surface area (TPSA) is 278 Å². The van der Waals surface area contributed by atoms with Gasteiger partial charge >= 0.3 is 14.6 Å². The fourth-order valence-electron chi connectivity index (χ4n) is 6.80. The number of nitrogens with two attached hydrogens (primary N) is 2. The Kier molecular flexibility index (Phi) is 8.83. The molecule has 6 N–H and O–H groups in total. The molecule has 8 rings (SSSR count). The van der Waals surface area contributed by atoms with Gasteiger partial charge in [0.15, 0.2) is 42.9 Å². The van der Waals surface area contributed by atoms with Gasteiger partial charge < -0.3 is 30.3 Å². The molecule has 21 nitrogen and oxygen atoms in total. The molecule has 3 aliphatic heterocycles. The molecule has 4 fully saturated rings. The van der Waals surface area contributed by atoms with Crippen LogP contribution in [0.5, 0.6) is 0 Å². The molecular formula is C27H37ClN10O11P2SSi. The van der Waals surface area contributed by atoms with Crippen LogP contribution in [0.2, 0.25) is 23.4 Å². The highest BCUT2D eigenvalue weighted by Gasteiger charge is 2.71. The Bertz CT molecular complexity index is 2290. The highest BCUT2D eigenvalue weighted by atomic mass is 35.5. The number of hydrogen-bond donors (Lipinski definition) is 5. The molecule has 4 aromatic rings. The summed E-state index contributed by atoms with van der Waals surface area (Å²) in [6, 6.07) is 0. The molecule has 6 unspecified atom stereocenters. The zero-order chi connectivity index (χ0) is 38.0. The lowest BCUT2D eigenvalue weighted by Crippen LogP contribution is -2.50. The van der Waals surface area contributed by atoms with Crippen LogP contribution < -0.4 is 17.0 Å². The minimum absolute atomic E-state index is 0.00237. The second kappa shape index (κ2) is 12.5. The van der Waals surface area contributed by atoms with Crippen molar-refractivity contribution in [3.05, 3.63) is 28.3 Å². The molecule has 3 saturated heterocycles. The zero-order valence-electron chi connectivity index (χ0n) is 28.9. The smallest absolute Gasteiger partial charge is 0.408 e. The van der Waals surface area contributed by atoms with Crippen LogP contribution in [0.25, 0.3) is 22.3 Å². The van der Waals surface area contributed by atoms with Crippen molar-refractivity contribution in [1.29, 1.82) is 0 Å². The number of aromatic amines is 1. The van der Waals surface area contributed by atoms with Gasteiger partial charge in [0.25, 0.3) is 5.56 Å². The van der Waals surface area contributed by atoms with Crippen molar-refractivity contribution >= 4 is 80.9 Å². The van der Waals surface area contributed by atoms with Crippen LogP contribution in [-0.4, -0.2) is 96.0 Å². The molecule has 0 spiro atoms. The van der Waals surface area contributed by atoms with Crippen molar-refractivity contribution in [3.63, 3.8) is 0 Å². The largest absolute Gasteiger partial charge is 0.472 e. The number of aromatic nitrogens is 8. The van der Waals surface area contributed by atoms with E-state index in [4.69, 9.17) is 55.1 Å². The molecule has 4 aromatic heterocycles. The van der Waals surface area contributed by atoms with E-state index >= 15 is 0 Å². The van der Waals surface area contributed by atoms with Crippen LogP contribution in [0.4, 0.5) is 11.8 Å². The first kappa shape index (κ1) is 37.4. The predicted octanol–water partition coefficient (Wildman–Crippen LogP) is 3.09. The van der Waals surface area contributed by atoms with Crippen molar-refractivity contribution in [2.24, 2.45) is 5.92 Å². The number of imidazole rings is 2. The number of nitrogens with zero attached hydrogens (tertiary/aromatic N) is 7. The third-order valence-corrected chi connectivity index (χ3v) is 17.7. The quantitative estimate of drug-likeness (QED) is 0.0855. The van der Waals surface area contributed by atoms with Crippen LogP contribution in [-0.2, 0) is 46.8 Å². The van der Waals surface area contributed by atoms with Gasteiger partial charge in [0, 0.05) is 12.3 Å². The maximum absolute atomic E-state index is 14.0. The highest BCUT2D eigenvalue weighted by molar-refractivity contribution is 8.44. The van der Waals surface area contributed by atoms with Crippen molar-refractivity contribution < 1.29 is 46.0 Å². The standard InChI is InChI=1S/C27H37ClN10O11P2SSi/c1-26(2,3)53(4,5)49-17-12-7-44-51(42,52)48-16-11-6-27(11,38-10-32-14-19(29)33-24(28)34-21(14)38)46-13(16)8-43-50(40,41)47-18(17)23(45-12)37-9-31-15-20(37)35-25(30)36-22(15)39/h9-13,16-18,23H,6-8H2,1-5H3,(H,40,41)(H,42,52)(H2,29,33,34)(H3,30,35,36,39)/t11?,12-,13-,16?,17?,18?,23-,27?,51-/m1/s1. The fourth-order valence-corrected chi connectivity index (χ4v) is 10.7. The van der Waals surface area contributed by atoms with Gasteiger partial charge in [-0.15, -0.1) is 0 Å². The fraction of sp³-hybridized carbons (Fsp3) is 0.630. The predicted molar refractivity (Wildman–Crippen MR) is 192 cm³/mol. The second-order valence-electron chi connectivity index (χ2n) is 14.8. The summed E-state index contributed by atoms with van der Waals surface area (Å²) in [5.41, 5.74) is 10.6. The molecule has 2 bridgehead atoms. The summed E-state index contributed by atoms with van der Waals surface area (Å²) in [4.78, 5) is 47.3. The van der Waals surface area contributed by atoms with Crippen molar-refractivity contribution in [1.82, 2.24) is 39.0 Å². The van der Waals surface area contributed by atoms with E-state index in [1.54, 1.807) is 4.57 Å². The number of rotatable bonds is 4. The number of H-pyrrole nitrogens is 1. The maximum Gasteiger partial charge on any atom is 0.472 e. The Morgan fingerprint density at radius 3 is 2.51 bits per heavy atom. The molecule has 0 amide bonds. The number of fused-ring (bicyclic) bond motifs is 7. The molecule has 4 aliphatic rings. The normalized spacial score (nSPS) is 36.5. The maximum atomic E-state index is 14.0. The number of phosphoric ester groups is 1. The molecule has 53 heavy (non-hydrogen) atoms. The Hall–Kier alpha value is -2.50. The van der Waals surface area contributed by atoms with E-state index in [1.807, 2.05) is 33.9 Å². The van der Waals surface area contributed by atoms with Gasteiger partial charge in [-0.25, -0.2) is 19.1 Å². The van der Waals surface area contributed by atoms with E-state index < -0.39 is 90.1 Å². The van der Waals surface area contributed by atoms with E-state index in [2.05, 4.69) is 42.2 Å². The van der Waals surface area contributed by atoms with Crippen LogP contribution in [0.1, 0.15) is 33.4 Å². The third-order valence-electron chi connectivity index (χ3n) is 10.4. The van der Waals surface area contributed by atoms with Crippen molar-refractivity contribution in [2.45, 2.75) is 87.8 Å². The van der Waals surface area contributed by atoms with E-state index in [1.165, 1.54) is 17.2 Å². The van der Waals surface area contributed by atoms with E-state index in [0.29, 0.717) is 6.42 Å². The van der Waals surface area contributed by atoms with Crippen molar-refractivity contribution in [2.75, 3.05) is 24.7 Å². The van der Waals surface area contributed by atoms with Gasteiger partial charge in [-0.1, -0.05) is 33.0 Å². The van der Waals surface area contributed by atoms with Crippen LogP contribution in [0.3, 0.4) is 0 Å². The van der Waals surface area contributed by atoms with Crippen LogP contribution in [0.15, 0.2) is 17.4 Å². The summed E-state index contributed by atoms with van der Waals surface area (Å²) < 4.78 is 74.0. The van der Waals surface area contributed by atoms with Gasteiger partial charge in [0.1, 0.15) is 36.0 Å². The summed E-state index contributed by atoms with van der Waals surface area (Å²) in [5, 5.41) is -0.455. The molecule has 288 valence electrons. The summed E-state index contributed by atoms with van der Waals surface area (Å²) in [7, 11) is -7.71. The summed E-state index contributed by atoms with van der Waals surface area (Å²) in [6.45, 7) is 4.74. The summed E-state index contributed by atoms with van der Waals surface area (Å²) >= 11 is 10.4. The number of phosphoric acid groups is 1. The molecule has 1 aliphatic carbocycles. The van der Waals surface area contributed by atoms with E-state index in [0.717, 1.165) is 0 Å². The van der Waals surface area contributed by atoms with Gasteiger partial charge in [-0.05, 0) is 29.7 Å². The molecule has 10 atom stereocenters. The van der Waals surface area contributed by atoms with Gasteiger partial charge in [-0.2, -0.15) is 15.0 Å². The first-order valence-electron chi connectivity index (χ1n) is 16.4. The lowest BCUT2D eigenvalue weighted by molar-refractivity contribution is -0.0884. The molecule has 0 aromatic carbocycles. The van der Waals surface area contributed by atoms with Gasteiger partial charge in [-0.3, -0.25) is 37.0 Å². The van der Waals surface area contributed by atoms with Crippen molar-refractivity contribution in [3.8, 4) is 0 Å². The first-order valence-corrected chi connectivity index (χ1v) is 23.9. The first-order chi connectivity index (χ1) is 24.7. The van der Waals surface area contributed by atoms with Crippen LogP contribution >= 0.6 is 38.5 Å². The third kappa shape index (κ3) is 6.46. The molecular weight excluding hydrogens is 798 g/mol. The number of hydrogen-bond acceptors (Lipinski definition) is 17. The SMILES string of the molecule is CC(C)(C)[Si](C)(C)OC1C2OP(=O)(O)OC[C@H]3OC4(n5cnc6c(N)nc(Cl)nc65)CC4C3O[P@](=O)(S)OC[C@H]1O[C@H]2n1cnc2c(=O)[nH]c(N)nc21. The number of anilines is 2. The van der Waals surface area contributed by atoms with E-state index in [-0.39, 0.29) is 44.4 Å². The average Bonchev–Trinajstić information content (AvgIpc) is 3.38. The Balaban J connectivity index is 1.16. The summed E-state index contributed by atoms with van der Waals surface area (Å²) in [6.07, 6.45) is -3.95. The van der Waals surface area contributed by atoms with Crippen LogP contribution in [0, 0.1) is 5.92 Å². The number of halogens is 1. The van der Waals surface area contributed by atoms with Gasteiger partial charge in [0.05, 0.1) is 25.9 Å². The zero-order valence-corrected chi connectivity index (χ0v) is 33.3. The monoisotopic (exact) mass is 834 g/mol. The average molecular weight is 835 g/mol. The molecule has 1 saturated carbocycles. The molecule has 0 radical (unpaired) electrons. The molecule has 7 heterocycles. The Morgan fingerprint density at radius 2 is 1.77 bits per heavy atom.